The van der Waals surface area contributed by atoms with Crippen molar-refractivity contribution in [2.75, 3.05) is 39.2 Å². The number of hydrogen-bond acceptors (Lipinski definition) is 6. The van der Waals surface area contributed by atoms with Crippen molar-refractivity contribution in [3.05, 3.63) is 40.9 Å². The number of ether oxygens (including phenoxy) is 1. The van der Waals surface area contributed by atoms with Crippen LogP contribution in [0.4, 0.5) is 5.13 Å². The second kappa shape index (κ2) is 7.41. The zero-order chi connectivity index (χ0) is 18.0. The van der Waals surface area contributed by atoms with Crippen LogP contribution in [0.2, 0.25) is 0 Å². The largest absolute Gasteiger partial charge is 0.496 e. The van der Waals surface area contributed by atoms with Gasteiger partial charge in [-0.05, 0) is 11.6 Å². The fourth-order valence-corrected chi connectivity index (χ4v) is 4.22. The highest BCUT2D eigenvalue weighted by molar-refractivity contribution is 7.15. The molecule has 0 spiro atoms. The van der Waals surface area contributed by atoms with Gasteiger partial charge in [0.25, 0.3) is 0 Å². The molecule has 2 heterocycles. The number of likely N-dealkylation sites (tertiary alicyclic amines) is 1. The van der Waals surface area contributed by atoms with Gasteiger partial charge in [-0.3, -0.25) is 9.69 Å². The van der Waals surface area contributed by atoms with E-state index in [0.717, 1.165) is 27.9 Å². The van der Waals surface area contributed by atoms with Crippen molar-refractivity contribution in [2.24, 2.45) is 5.92 Å². The molecule has 0 saturated carbocycles. The molecule has 25 heavy (non-hydrogen) atoms. The summed E-state index contributed by atoms with van der Waals surface area (Å²) in [6, 6.07) is 7.71. The molecule has 0 amide bonds. The summed E-state index contributed by atoms with van der Waals surface area (Å²) in [6.45, 7) is 1.96. The van der Waals surface area contributed by atoms with Crippen molar-refractivity contribution in [3.63, 3.8) is 0 Å². The maximum absolute atomic E-state index is 11.8. The number of anilines is 1. The maximum Gasteiger partial charge on any atom is 0.308 e. The summed E-state index contributed by atoms with van der Waals surface area (Å²) in [5.41, 5.74) is 0.971. The van der Waals surface area contributed by atoms with E-state index < -0.39 is 11.9 Å². The Bertz CT molecular complexity index is 747. The molecule has 1 aromatic heterocycles. The van der Waals surface area contributed by atoms with Crippen molar-refractivity contribution < 1.29 is 14.6 Å². The van der Waals surface area contributed by atoms with Crippen molar-refractivity contribution in [1.82, 2.24) is 9.88 Å². The van der Waals surface area contributed by atoms with Gasteiger partial charge in [-0.25, -0.2) is 4.98 Å². The molecule has 7 heteroatoms. The number of hydrogen-bond donors (Lipinski definition) is 1. The average Bonchev–Trinajstić information content (AvgIpc) is 3.22. The van der Waals surface area contributed by atoms with Crippen LogP contribution in [0.25, 0.3) is 0 Å². The van der Waals surface area contributed by atoms with Crippen LogP contribution in [0.5, 0.6) is 5.75 Å². The molecule has 1 aliphatic heterocycles. The van der Waals surface area contributed by atoms with Gasteiger partial charge < -0.3 is 14.7 Å². The first-order valence-electron chi connectivity index (χ1n) is 8.19. The molecule has 6 nitrogen and oxygen atoms in total. The Morgan fingerprint density at radius 3 is 2.80 bits per heavy atom. The number of methoxy groups -OCH3 is 1. The molecule has 0 unspecified atom stereocenters. The highest BCUT2D eigenvalue weighted by atomic mass is 32.1. The topological polar surface area (TPSA) is 65.9 Å². The van der Waals surface area contributed by atoms with Crippen LogP contribution in [0.15, 0.2) is 30.5 Å². The molecule has 0 aliphatic carbocycles. The van der Waals surface area contributed by atoms with Gasteiger partial charge in [0.1, 0.15) is 5.75 Å². The highest BCUT2D eigenvalue weighted by Gasteiger charge is 2.39. The summed E-state index contributed by atoms with van der Waals surface area (Å²) in [5, 5.41) is 10.6. The first kappa shape index (κ1) is 17.7. The first-order chi connectivity index (χ1) is 12.0. The number of benzene rings is 1. The van der Waals surface area contributed by atoms with E-state index >= 15 is 0 Å². The van der Waals surface area contributed by atoms with Gasteiger partial charge in [0.2, 0.25) is 0 Å². The fraction of sp³-hybridized carbons (Fsp3) is 0.444. The van der Waals surface area contributed by atoms with Crippen LogP contribution in [0.1, 0.15) is 16.4 Å². The van der Waals surface area contributed by atoms with Gasteiger partial charge in [0.15, 0.2) is 5.13 Å². The quantitative estimate of drug-likeness (QED) is 0.853. The van der Waals surface area contributed by atoms with Crippen molar-refractivity contribution in [2.45, 2.75) is 12.5 Å². The summed E-state index contributed by atoms with van der Waals surface area (Å²) in [4.78, 5) is 21.5. The monoisotopic (exact) mass is 361 g/mol. The molecule has 1 fully saturated rings. The number of aromatic nitrogens is 1. The minimum atomic E-state index is -0.753. The molecular weight excluding hydrogens is 338 g/mol. The number of nitrogens with zero attached hydrogens (tertiary/aromatic N) is 3. The summed E-state index contributed by atoms with van der Waals surface area (Å²) in [6.07, 6.45) is 1.88. The SMILES string of the molecule is COc1ccccc1[C@@H]1CN(Cc2cnc(N(C)C)s2)C[C@H]1C(=O)O. The minimum absolute atomic E-state index is 0.0742. The zero-order valence-corrected chi connectivity index (χ0v) is 15.5. The molecule has 1 saturated heterocycles. The van der Waals surface area contributed by atoms with E-state index in [1.54, 1.807) is 18.4 Å². The van der Waals surface area contributed by atoms with Crippen molar-refractivity contribution in [1.29, 1.82) is 0 Å². The van der Waals surface area contributed by atoms with Gasteiger partial charge in [0.05, 0.1) is 13.0 Å². The van der Waals surface area contributed by atoms with E-state index in [4.69, 9.17) is 4.74 Å². The van der Waals surface area contributed by atoms with E-state index in [9.17, 15) is 9.90 Å². The lowest BCUT2D eigenvalue weighted by atomic mass is 9.88. The maximum atomic E-state index is 11.8. The number of rotatable bonds is 6. The lowest BCUT2D eigenvalue weighted by Crippen LogP contribution is -2.23. The predicted octanol–water partition coefficient (Wildman–Crippen LogP) is 2.52. The number of carboxylic acid groups (broad SMARTS) is 1. The number of carbonyl (C=O) groups is 1. The molecule has 2 aromatic rings. The molecule has 0 radical (unpaired) electrons. The van der Waals surface area contributed by atoms with E-state index in [1.807, 2.05) is 49.5 Å². The van der Waals surface area contributed by atoms with Crippen LogP contribution in [-0.2, 0) is 11.3 Å². The van der Waals surface area contributed by atoms with Crippen LogP contribution in [0.3, 0.4) is 0 Å². The Morgan fingerprint density at radius 1 is 1.40 bits per heavy atom. The van der Waals surface area contributed by atoms with E-state index in [0.29, 0.717) is 13.1 Å². The van der Waals surface area contributed by atoms with Crippen LogP contribution in [-0.4, -0.2) is 55.3 Å². The second-order valence-electron chi connectivity index (χ2n) is 6.49. The highest BCUT2D eigenvalue weighted by Crippen LogP contribution is 2.38. The van der Waals surface area contributed by atoms with E-state index in [-0.39, 0.29) is 5.92 Å². The Kier molecular flexibility index (Phi) is 5.24. The van der Waals surface area contributed by atoms with E-state index in [2.05, 4.69) is 9.88 Å². The third-order valence-corrected chi connectivity index (χ3v) is 5.70. The van der Waals surface area contributed by atoms with Gasteiger partial charge in [-0.1, -0.05) is 18.2 Å². The molecule has 2 atom stereocenters. The third kappa shape index (κ3) is 3.77. The van der Waals surface area contributed by atoms with Crippen LogP contribution < -0.4 is 9.64 Å². The summed E-state index contributed by atoms with van der Waals surface area (Å²) in [5.74, 6) is -0.502. The molecule has 1 aliphatic rings. The van der Waals surface area contributed by atoms with Crippen molar-refractivity contribution in [3.8, 4) is 5.75 Å². The molecule has 1 N–H and O–H groups in total. The number of carboxylic acids is 1. The lowest BCUT2D eigenvalue weighted by Gasteiger charge is -2.18. The van der Waals surface area contributed by atoms with Gasteiger partial charge in [-0.2, -0.15) is 0 Å². The molecule has 1 aromatic carbocycles. The minimum Gasteiger partial charge on any atom is -0.496 e. The zero-order valence-electron chi connectivity index (χ0n) is 14.7. The molecule has 0 bridgehead atoms. The van der Waals surface area contributed by atoms with Gasteiger partial charge in [-0.15, -0.1) is 11.3 Å². The molecular formula is C18H23N3O3S. The summed E-state index contributed by atoms with van der Waals surface area (Å²) >= 11 is 1.64. The van der Waals surface area contributed by atoms with E-state index in [1.165, 1.54) is 0 Å². The smallest absolute Gasteiger partial charge is 0.308 e. The van der Waals surface area contributed by atoms with Crippen LogP contribution in [0, 0.1) is 5.92 Å². The molecule has 134 valence electrons. The van der Waals surface area contributed by atoms with Crippen LogP contribution >= 0.6 is 11.3 Å². The Hall–Kier alpha value is -2.12. The Morgan fingerprint density at radius 2 is 2.16 bits per heavy atom. The molecule has 3 rings (SSSR count). The Labute approximate surface area is 151 Å². The van der Waals surface area contributed by atoms with Gasteiger partial charge >= 0.3 is 5.97 Å². The number of aliphatic carboxylic acids is 1. The van der Waals surface area contributed by atoms with Crippen molar-refractivity contribution >= 4 is 22.4 Å². The fourth-order valence-electron chi connectivity index (χ4n) is 3.35. The predicted molar refractivity (Wildman–Crippen MR) is 98.6 cm³/mol. The summed E-state index contributed by atoms with van der Waals surface area (Å²) < 4.78 is 5.44. The number of para-hydroxylation sites is 1. The Balaban J connectivity index is 1.79. The second-order valence-corrected chi connectivity index (χ2v) is 7.58. The third-order valence-electron chi connectivity index (χ3n) is 4.55. The average molecular weight is 361 g/mol. The standard InChI is InChI=1S/C18H23N3O3S/c1-20(2)18-19-8-12(25-18)9-21-10-14(15(11-21)17(22)23)13-6-4-5-7-16(13)24-3/h4-8,14-15H,9-11H2,1-3H3,(H,22,23)/t14-,15+/m0/s1. The van der Waals surface area contributed by atoms with Gasteiger partial charge in [0, 0.05) is 50.7 Å². The lowest BCUT2D eigenvalue weighted by molar-refractivity contribution is -0.141. The number of thiazole rings is 1. The first-order valence-corrected chi connectivity index (χ1v) is 9.01. The normalized spacial score (nSPS) is 20.6. The summed E-state index contributed by atoms with van der Waals surface area (Å²) in [7, 11) is 5.56.